The Balaban J connectivity index is 2.09. The van der Waals surface area contributed by atoms with Gasteiger partial charge in [-0.05, 0) is 25.3 Å². The van der Waals surface area contributed by atoms with Crippen molar-refractivity contribution in [1.29, 1.82) is 0 Å². The second-order valence-corrected chi connectivity index (χ2v) is 7.82. The van der Waals surface area contributed by atoms with Crippen molar-refractivity contribution in [2.45, 2.75) is 56.7 Å². The maximum Gasteiger partial charge on any atom is 0.345 e. The third kappa shape index (κ3) is 8.97. The molecule has 4 unspecified atom stereocenters. The number of nitrogens with one attached hydrogen (secondary N) is 2. The van der Waals surface area contributed by atoms with Crippen LogP contribution in [0.4, 0.5) is 17.6 Å². The van der Waals surface area contributed by atoms with Crippen molar-refractivity contribution in [3.63, 3.8) is 0 Å². The van der Waals surface area contributed by atoms with Crippen LogP contribution in [0, 0.1) is 0 Å². The maximum absolute atomic E-state index is 12.9. The average molecular weight is 493 g/mol. The number of ketones is 1. The number of alkyl halides is 4. The zero-order valence-electron chi connectivity index (χ0n) is 18.3. The van der Waals surface area contributed by atoms with Gasteiger partial charge in [-0.1, -0.05) is 30.3 Å². The molecule has 1 aromatic carbocycles. The molecule has 9 nitrogen and oxygen atoms in total. The van der Waals surface area contributed by atoms with Crippen molar-refractivity contribution in [3.8, 4) is 0 Å². The van der Waals surface area contributed by atoms with E-state index < -0.39 is 67.8 Å². The molecule has 0 saturated carbocycles. The number of carbonyl (C=O) groups is 3. The van der Waals surface area contributed by atoms with Crippen molar-refractivity contribution in [3.05, 3.63) is 35.9 Å². The van der Waals surface area contributed by atoms with Gasteiger partial charge in [0.1, 0.15) is 11.6 Å². The molecule has 4 N–H and O–H groups in total. The molecule has 1 heterocycles. The molecule has 0 radical (unpaired) electrons. The molecule has 2 amide bonds. The van der Waals surface area contributed by atoms with Crippen LogP contribution in [0.3, 0.4) is 0 Å². The Bertz CT molecular complexity index is 826. The first-order chi connectivity index (χ1) is 16.0. The lowest BCUT2D eigenvalue weighted by molar-refractivity contribution is -0.149. The van der Waals surface area contributed by atoms with Crippen LogP contribution in [-0.2, 0) is 35.0 Å². The summed E-state index contributed by atoms with van der Waals surface area (Å²) in [6, 6.07) is 4.65. The molecule has 1 aromatic rings. The summed E-state index contributed by atoms with van der Waals surface area (Å²) in [6.45, 7) is -6.03. The number of hydrogen-bond donors (Lipinski definition) is 3. The number of carbonyl (C=O) groups excluding carboxylic acids is 3. The lowest BCUT2D eigenvalue weighted by Gasteiger charge is -2.25. The molecule has 0 aromatic heterocycles. The van der Waals surface area contributed by atoms with E-state index in [-0.39, 0.29) is 19.4 Å². The van der Waals surface area contributed by atoms with Gasteiger partial charge in [0.05, 0.1) is 31.9 Å². The summed E-state index contributed by atoms with van der Waals surface area (Å²) in [5, 5.41) is 4.62. The van der Waals surface area contributed by atoms with Gasteiger partial charge in [0.25, 0.3) is 0 Å². The van der Waals surface area contributed by atoms with E-state index >= 15 is 0 Å². The Kier molecular flexibility index (Phi) is 10.4. The van der Waals surface area contributed by atoms with Crippen LogP contribution in [0.15, 0.2) is 30.3 Å². The second-order valence-electron chi connectivity index (χ2n) is 7.82. The summed E-state index contributed by atoms with van der Waals surface area (Å²) in [5.41, 5.74) is 5.23. The second kappa shape index (κ2) is 12.7. The third-order valence-corrected chi connectivity index (χ3v) is 5.05. The van der Waals surface area contributed by atoms with Crippen LogP contribution in [0.2, 0.25) is 0 Å². The van der Waals surface area contributed by atoms with E-state index in [1.54, 1.807) is 37.3 Å². The molecule has 0 aliphatic carbocycles. The Labute approximate surface area is 193 Å². The summed E-state index contributed by atoms with van der Waals surface area (Å²) >= 11 is 0. The van der Waals surface area contributed by atoms with E-state index in [1.165, 1.54) is 0 Å². The SMILES string of the molecule is CC1(C(=O)C(Cc2ccccc2)NC(=O)C(COC(F)F)NC(=O)C(N)CCOC(F)F)CO1. The predicted octanol–water partition coefficient (Wildman–Crippen LogP) is 0.753. The van der Waals surface area contributed by atoms with Crippen molar-refractivity contribution in [2.75, 3.05) is 19.8 Å². The highest BCUT2D eigenvalue weighted by Gasteiger charge is 2.50. The predicted molar refractivity (Wildman–Crippen MR) is 110 cm³/mol. The van der Waals surface area contributed by atoms with Crippen molar-refractivity contribution >= 4 is 17.6 Å². The molecule has 2 rings (SSSR count). The van der Waals surface area contributed by atoms with Gasteiger partial charge in [0, 0.05) is 0 Å². The maximum atomic E-state index is 12.9. The first-order valence-electron chi connectivity index (χ1n) is 10.4. The molecule has 34 heavy (non-hydrogen) atoms. The zero-order chi connectivity index (χ0) is 25.3. The van der Waals surface area contributed by atoms with E-state index in [9.17, 15) is 31.9 Å². The number of epoxide rings is 1. The third-order valence-electron chi connectivity index (χ3n) is 5.05. The van der Waals surface area contributed by atoms with Gasteiger partial charge in [-0.25, -0.2) is 0 Å². The van der Waals surface area contributed by atoms with E-state index in [1.807, 2.05) is 0 Å². The number of ether oxygens (including phenoxy) is 3. The molecule has 0 spiro atoms. The van der Waals surface area contributed by atoms with Gasteiger partial charge < -0.3 is 30.6 Å². The van der Waals surface area contributed by atoms with Crippen LogP contribution < -0.4 is 16.4 Å². The molecule has 1 aliphatic heterocycles. The number of rotatable bonds is 15. The molecular weight excluding hydrogens is 466 g/mol. The molecule has 13 heteroatoms. The number of halogens is 4. The minimum atomic E-state index is -3.24. The molecule has 0 bridgehead atoms. The van der Waals surface area contributed by atoms with Gasteiger partial charge >= 0.3 is 13.2 Å². The highest BCUT2D eigenvalue weighted by Crippen LogP contribution is 2.29. The lowest BCUT2D eigenvalue weighted by Crippen LogP contribution is -2.57. The lowest BCUT2D eigenvalue weighted by atomic mass is 9.94. The normalized spacial score (nSPS) is 20.0. The Hall–Kier alpha value is -2.61. The van der Waals surface area contributed by atoms with E-state index in [4.69, 9.17) is 10.5 Å². The summed E-state index contributed by atoms with van der Waals surface area (Å²) in [5.74, 6) is -2.37. The highest BCUT2D eigenvalue weighted by atomic mass is 19.3. The van der Waals surface area contributed by atoms with E-state index in [2.05, 4.69) is 20.1 Å². The highest BCUT2D eigenvalue weighted by molar-refractivity contribution is 5.98. The topological polar surface area (TPSA) is 132 Å². The monoisotopic (exact) mass is 493 g/mol. The number of nitrogens with two attached hydrogens (primary N) is 1. The van der Waals surface area contributed by atoms with E-state index in [0.29, 0.717) is 0 Å². The molecule has 1 fully saturated rings. The number of amides is 2. The van der Waals surface area contributed by atoms with Crippen LogP contribution in [0.5, 0.6) is 0 Å². The van der Waals surface area contributed by atoms with Crippen LogP contribution >= 0.6 is 0 Å². The first-order valence-corrected chi connectivity index (χ1v) is 10.4. The molecule has 4 atom stereocenters. The molecular formula is C21H27F4N3O6. The minimum absolute atomic E-state index is 0.0885. The van der Waals surface area contributed by atoms with Crippen LogP contribution in [0.25, 0.3) is 0 Å². The largest absolute Gasteiger partial charge is 0.361 e. The van der Waals surface area contributed by atoms with Crippen molar-refractivity contribution in [1.82, 2.24) is 10.6 Å². The smallest absolute Gasteiger partial charge is 0.345 e. The number of Topliss-reactive ketones (excluding diaryl/α,β-unsaturated/α-hetero) is 1. The Morgan fingerprint density at radius 1 is 1.03 bits per heavy atom. The van der Waals surface area contributed by atoms with Gasteiger partial charge in [-0.3, -0.25) is 14.4 Å². The summed E-state index contributed by atoms with van der Waals surface area (Å²) in [4.78, 5) is 38.0. The van der Waals surface area contributed by atoms with Gasteiger partial charge in [-0.15, -0.1) is 0 Å². The van der Waals surface area contributed by atoms with Crippen molar-refractivity contribution < 1.29 is 46.2 Å². The van der Waals surface area contributed by atoms with Crippen LogP contribution in [0.1, 0.15) is 18.9 Å². The van der Waals surface area contributed by atoms with Crippen molar-refractivity contribution in [2.24, 2.45) is 5.73 Å². The van der Waals surface area contributed by atoms with Gasteiger partial charge in [0.15, 0.2) is 5.78 Å². The fourth-order valence-electron chi connectivity index (χ4n) is 3.00. The van der Waals surface area contributed by atoms with Gasteiger partial charge in [-0.2, -0.15) is 17.6 Å². The Morgan fingerprint density at radius 2 is 1.62 bits per heavy atom. The fraction of sp³-hybridized carbons (Fsp3) is 0.571. The number of benzene rings is 1. The minimum Gasteiger partial charge on any atom is -0.361 e. The summed E-state index contributed by atoms with van der Waals surface area (Å²) in [7, 11) is 0. The van der Waals surface area contributed by atoms with Crippen LogP contribution in [-0.4, -0.2) is 74.4 Å². The quantitative estimate of drug-likeness (QED) is 0.243. The summed E-state index contributed by atoms with van der Waals surface area (Å²) < 4.78 is 62.7. The van der Waals surface area contributed by atoms with Gasteiger partial charge in [0.2, 0.25) is 11.8 Å². The molecule has 1 aliphatic rings. The summed E-state index contributed by atoms with van der Waals surface area (Å²) in [6.07, 6.45) is -0.226. The number of hydrogen-bond acceptors (Lipinski definition) is 7. The standard InChI is InChI=1S/C21H27F4N3O6/c1-21(11-34-21)16(29)14(9-12-5-3-2-4-6-12)27-18(31)15(10-33-20(24)25)28-17(30)13(26)7-8-32-19(22)23/h2-6,13-15,19-20H,7-11,26H2,1H3,(H,27,31)(H,28,30). The molecule has 1 saturated heterocycles. The first kappa shape index (κ1) is 27.6. The molecule has 190 valence electrons. The Morgan fingerprint density at radius 3 is 2.18 bits per heavy atom. The average Bonchev–Trinajstić information content (AvgIpc) is 3.54. The fourth-order valence-corrected chi connectivity index (χ4v) is 3.00. The zero-order valence-corrected chi connectivity index (χ0v) is 18.3. The van der Waals surface area contributed by atoms with E-state index in [0.717, 1.165) is 5.56 Å².